The van der Waals surface area contributed by atoms with E-state index in [9.17, 15) is 4.79 Å². The predicted molar refractivity (Wildman–Crippen MR) is 126 cm³/mol. The van der Waals surface area contributed by atoms with Gasteiger partial charge in [0.15, 0.2) is 11.0 Å². The molecule has 1 unspecified atom stereocenters. The van der Waals surface area contributed by atoms with Crippen LogP contribution in [0.15, 0.2) is 60.3 Å². The van der Waals surface area contributed by atoms with Crippen LogP contribution in [-0.2, 0) is 17.9 Å². The van der Waals surface area contributed by atoms with E-state index < -0.39 is 5.25 Å². The zero-order chi connectivity index (χ0) is 22.4. The molecule has 0 aliphatic rings. The highest BCUT2D eigenvalue weighted by Gasteiger charge is 2.21. The van der Waals surface area contributed by atoms with E-state index in [1.165, 1.54) is 11.8 Å². The number of ether oxygens (including phenoxy) is 1. The van der Waals surface area contributed by atoms with Gasteiger partial charge >= 0.3 is 0 Å². The van der Waals surface area contributed by atoms with Crippen molar-refractivity contribution in [1.29, 1.82) is 0 Å². The van der Waals surface area contributed by atoms with Gasteiger partial charge in [0.05, 0.1) is 16.0 Å². The van der Waals surface area contributed by atoms with Gasteiger partial charge in [0, 0.05) is 16.6 Å². The summed E-state index contributed by atoms with van der Waals surface area (Å²) in [7, 11) is 0. The minimum absolute atomic E-state index is 0.212. The molecule has 31 heavy (non-hydrogen) atoms. The maximum Gasteiger partial charge on any atom is 0.237 e. The molecule has 10 heteroatoms. The first-order valence-corrected chi connectivity index (χ1v) is 11.2. The first-order valence-electron chi connectivity index (χ1n) is 9.21. The fourth-order valence-electron chi connectivity index (χ4n) is 2.54. The molecular formula is C21H19Cl3N4O2S. The molecule has 3 rings (SSSR count). The molecule has 2 aromatic carbocycles. The number of carbonyl (C=O) groups excluding carboxylic acids is 1. The number of hydrogen-bond donors (Lipinski definition) is 1. The number of benzene rings is 2. The maximum atomic E-state index is 12.6. The van der Waals surface area contributed by atoms with Gasteiger partial charge in [0.2, 0.25) is 5.91 Å². The fraction of sp³-hybridized carbons (Fsp3) is 0.190. The van der Waals surface area contributed by atoms with E-state index in [0.29, 0.717) is 44.0 Å². The van der Waals surface area contributed by atoms with Crippen molar-refractivity contribution in [2.45, 2.75) is 30.5 Å². The number of hydrogen-bond acceptors (Lipinski definition) is 5. The quantitative estimate of drug-likeness (QED) is 0.285. The van der Waals surface area contributed by atoms with Gasteiger partial charge in [-0.3, -0.25) is 9.36 Å². The van der Waals surface area contributed by atoms with Crippen molar-refractivity contribution in [2.24, 2.45) is 0 Å². The summed E-state index contributed by atoms with van der Waals surface area (Å²) in [6.07, 6.45) is 1.73. The molecule has 1 heterocycles. The number of aromatic nitrogens is 3. The summed E-state index contributed by atoms with van der Waals surface area (Å²) in [5, 5.41) is 12.9. The monoisotopic (exact) mass is 496 g/mol. The highest BCUT2D eigenvalue weighted by molar-refractivity contribution is 8.00. The molecule has 3 aromatic rings. The number of rotatable bonds is 9. The second-order valence-electron chi connectivity index (χ2n) is 6.41. The Hall–Kier alpha value is -2.19. The number of carbonyl (C=O) groups is 1. The zero-order valence-electron chi connectivity index (χ0n) is 16.5. The van der Waals surface area contributed by atoms with Crippen molar-refractivity contribution in [1.82, 2.24) is 14.8 Å². The molecule has 1 atom stereocenters. The van der Waals surface area contributed by atoms with Crippen LogP contribution in [0.4, 0.5) is 5.69 Å². The van der Waals surface area contributed by atoms with Gasteiger partial charge in [-0.25, -0.2) is 0 Å². The molecular weight excluding hydrogens is 479 g/mol. The molecule has 0 radical (unpaired) electrons. The number of nitrogens with zero attached hydrogens (tertiary/aromatic N) is 3. The number of thioether (sulfide) groups is 1. The maximum absolute atomic E-state index is 12.6. The molecule has 0 aliphatic carbocycles. The van der Waals surface area contributed by atoms with Gasteiger partial charge in [-0.05, 0) is 49.4 Å². The van der Waals surface area contributed by atoms with E-state index in [0.717, 1.165) is 0 Å². The van der Waals surface area contributed by atoms with E-state index in [1.54, 1.807) is 55.5 Å². The number of allylic oxidation sites excluding steroid dienone is 1. The van der Waals surface area contributed by atoms with Crippen molar-refractivity contribution in [3.63, 3.8) is 0 Å². The molecule has 1 amide bonds. The molecule has 1 N–H and O–H groups in total. The van der Waals surface area contributed by atoms with E-state index in [4.69, 9.17) is 39.5 Å². The van der Waals surface area contributed by atoms with Crippen LogP contribution in [0.1, 0.15) is 12.7 Å². The predicted octanol–water partition coefficient (Wildman–Crippen LogP) is 6.12. The van der Waals surface area contributed by atoms with Crippen LogP contribution < -0.4 is 10.1 Å². The minimum Gasteiger partial charge on any atom is -0.486 e. The van der Waals surface area contributed by atoms with Crippen LogP contribution in [0.2, 0.25) is 15.1 Å². The van der Waals surface area contributed by atoms with Crippen LogP contribution >= 0.6 is 46.6 Å². The van der Waals surface area contributed by atoms with Crippen LogP contribution in [0.25, 0.3) is 0 Å². The van der Waals surface area contributed by atoms with Gasteiger partial charge in [-0.1, -0.05) is 52.6 Å². The number of amides is 1. The molecule has 6 nitrogen and oxygen atoms in total. The van der Waals surface area contributed by atoms with Crippen molar-refractivity contribution in [2.75, 3.05) is 5.32 Å². The summed E-state index contributed by atoms with van der Waals surface area (Å²) in [6.45, 7) is 6.26. The van der Waals surface area contributed by atoms with Crippen LogP contribution in [0, 0.1) is 0 Å². The second-order valence-corrected chi connectivity index (χ2v) is 9.00. The van der Waals surface area contributed by atoms with Gasteiger partial charge in [-0.2, -0.15) is 0 Å². The molecule has 162 valence electrons. The highest BCUT2D eigenvalue weighted by atomic mass is 35.5. The Morgan fingerprint density at radius 3 is 2.58 bits per heavy atom. The lowest BCUT2D eigenvalue weighted by Gasteiger charge is -2.14. The van der Waals surface area contributed by atoms with Crippen molar-refractivity contribution in [3.8, 4) is 5.75 Å². The van der Waals surface area contributed by atoms with Crippen molar-refractivity contribution in [3.05, 3.63) is 76.0 Å². The topological polar surface area (TPSA) is 69.0 Å². The largest absolute Gasteiger partial charge is 0.486 e. The third-order valence-corrected chi connectivity index (χ3v) is 6.01. The molecule has 0 bridgehead atoms. The summed E-state index contributed by atoms with van der Waals surface area (Å²) in [5.41, 5.74) is 0.494. The van der Waals surface area contributed by atoms with Gasteiger partial charge < -0.3 is 10.1 Å². The molecule has 0 aliphatic heterocycles. The SMILES string of the molecule is C=CCn1c(COc2ccc(Cl)cc2)nnc1SC(C)C(=O)Nc1ccc(Cl)cc1Cl. The fourth-order valence-corrected chi connectivity index (χ4v) is 4.00. The van der Waals surface area contributed by atoms with E-state index in [2.05, 4.69) is 22.1 Å². The third kappa shape index (κ3) is 6.40. The number of halogens is 3. The lowest BCUT2D eigenvalue weighted by molar-refractivity contribution is -0.115. The minimum atomic E-state index is -0.454. The molecule has 0 saturated heterocycles. The smallest absolute Gasteiger partial charge is 0.237 e. The van der Waals surface area contributed by atoms with Crippen LogP contribution in [0.3, 0.4) is 0 Å². The Labute approximate surface area is 199 Å². The average Bonchev–Trinajstić information content (AvgIpc) is 3.11. The normalized spacial score (nSPS) is 11.7. The lowest BCUT2D eigenvalue weighted by atomic mass is 10.3. The summed E-state index contributed by atoms with van der Waals surface area (Å²) >= 11 is 19.2. The van der Waals surface area contributed by atoms with Crippen molar-refractivity contribution < 1.29 is 9.53 Å². The first-order chi connectivity index (χ1) is 14.9. The molecule has 0 saturated carbocycles. The van der Waals surface area contributed by atoms with E-state index in [1.807, 2.05) is 4.57 Å². The Kier molecular flexibility index (Phi) is 8.26. The Bertz CT molecular complexity index is 1070. The highest BCUT2D eigenvalue weighted by Crippen LogP contribution is 2.28. The van der Waals surface area contributed by atoms with Crippen LogP contribution in [0.5, 0.6) is 5.75 Å². The summed E-state index contributed by atoms with van der Waals surface area (Å²) < 4.78 is 7.63. The Morgan fingerprint density at radius 2 is 1.90 bits per heavy atom. The van der Waals surface area contributed by atoms with Gasteiger partial charge in [0.1, 0.15) is 12.4 Å². The lowest BCUT2D eigenvalue weighted by Crippen LogP contribution is -2.23. The van der Waals surface area contributed by atoms with Gasteiger partial charge in [0.25, 0.3) is 0 Å². The average molecular weight is 498 g/mol. The van der Waals surface area contributed by atoms with Crippen molar-refractivity contribution >= 4 is 58.2 Å². The first kappa shape index (κ1) is 23.5. The van der Waals surface area contributed by atoms with E-state index >= 15 is 0 Å². The van der Waals surface area contributed by atoms with Gasteiger partial charge in [-0.15, -0.1) is 16.8 Å². The standard InChI is InChI=1S/C21H19Cl3N4O2S/c1-3-10-28-19(12-30-16-7-4-14(22)5-8-16)26-27-21(28)31-13(2)20(29)25-18-9-6-15(23)11-17(18)24/h3-9,11,13H,1,10,12H2,2H3,(H,25,29). The number of nitrogens with one attached hydrogen (secondary N) is 1. The summed E-state index contributed by atoms with van der Waals surface area (Å²) in [6, 6.07) is 12.0. The summed E-state index contributed by atoms with van der Waals surface area (Å²) in [4.78, 5) is 12.6. The molecule has 0 fully saturated rings. The summed E-state index contributed by atoms with van der Waals surface area (Å²) in [5.74, 6) is 1.06. The third-order valence-electron chi connectivity index (χ3n) is 4.13. The zero-order valence-corrected chi connectivity index (χ0v) is 19.6. The van der Waals surface area contributed by atoms with Crippen LogP contribution in [-0.4, -0.2) is 25.9 Å². The Balaban J connectivity index is 1.67. The number of anilines is 1. The second kappa shape index (κ2) is 10.9. The Morgan fingerprint density at radius 1 is 1.19 bits per heavy atom. The molecule has 0 spiro atoms. The molecule has 1 aromatic heterocycles. The van der Waals surface area contributed by atoms with E-state index in [-0.39, 0.29) is 12.5 Å².